The van der Waals surface area contributed by atoms with Crippen molar-refractivity contribution in [3.05, 3.63) is 58.4 Å². The van der Waals surface area contributed by atoms with E-state index < -0.39 is 73.7 Å². The van der Waals surface area contributed by atoms with Crippen LogP contribution < -0.4 is 22.1 Å². The van der Waals surface area contributed by atoms with E-state index in [2.05, 4.69) is 10.6 Å². The minimum atomic E-state index is -4.10. The van der Waals surface area contributed by atoms with Crippen molar-refractivity contribution in [1.29, 1.82) is 0 Å². The van der Waals surface area contributed by atoms with Crippen molar-refractivity contribution < 1.29 is 41.1 Å². The maximum absolute atomic E-state index is 13.5. The molecular formula is C25H26ClF3N4O6S. The van der Waals surface area contributed by atoms with E-state index in [0.717, 1.165) is 6.07 Å². The summed E-state index contributed by atoms with van der Waals surface area (Å²) in [6, 6.07) is 3.42. The van der Waals surface area contributed by atoms with Crippen LogP contribution in [-0.4, -0.2) is 54.7 Å². The van der Waals surface area contributed by atoms with Crippen molar-refractivity contribution in [3.63, 3.8) is 0 Å². The summed E-state index contributed by atoms with van der Waals surface area (Å²) in [5.41, 5.74) is 8.73. The second-order valence-corrected chi connectivity index (χ2v) is 12.7. The summed E-state index contributed by atoms with van der Waals surface area (Å²) >= 11 is 6.18. The zero-order valence-electron chi connectivity index (χ0n) is 20.8. The number of halogens is 4. The highest BCUT2D eigenvalue weighted by Gasteiger charge is 2.60. The molecule has 3 aliphatic rings. The summed E-state index contributed by atoms with van der Waals surface area (Å²) in [7, 11) is -4.10. The molecule has 3 saturated carbocycles. The Labute approximate surface area is 232 Å². The van der Waals surface area contributed by atoms with Crippen molar-refractivity contribution >= 4 is 44.8 Å². The fourth-order valence-electron chi connectivity index (χ4n) is 5.34. The summed E-state index contributed by atoms with van der Waals surface area (Å²) in [4.78, 5) is 35.4. The predicted octanol–water partition coefficient (Wildman–Crippen LogP) is 1.63. The maximum Gasteiger partial charge on any atom is 0.255 e. The van der Waals surface area contributed by atoms with Crippen LogP contribution in [0.5, 0.6) is 0 Å². The number of nitrogens with two attached hydrogens (primary N) is 2. The van der Waals surface area contributed by atoms with Gasteiger partial charge in [0.1, 0.15) is 0 Å². The highest BCUT2D eigenvalue weighted by molar-refractivity contribution is 7.92. The van der Waals surface area contributed by atoms with Gasteiger partial charge in [-0.1, -0.05) is 11.6 Å². The van der Waals surface area contributed by atoms with Crippen molar-refractivity contribution in [2.24, 2.45) is 23.3 Å². The third-order valence-corrected chi connectivity index (χ3v) is 10.2. The molecule has 3 fully saturated rings. The topological polar surface area (TPSA) is 182 Å². The fourth-order valence-corrected chi connectivity index (χ4v) is 7.74. The molecule has 3 aliphatic carbocycles. The van der Waals surface area contributed by atoms with Crippen LogP contribution in [0.3, 0.4) is 0 Å². The van der Waals surface area contributed by atoms with Crippen molar-refractivity contribution in [2.75, 3.05) is 11.9 Å². The molecular weight excluding hydrogens is 577 g/mol. The molecule has 0 heterocycles. The van der Waals surface area contributed by atoms with Crippen LogP contribution >= 0.6 is 11.6 Å². The van der Waals surface area contributed by atoms with Crippen LogP contribution in [-0.2, 0) is 19.4 Å². The fraction of sp³-hybridized carbons (Fsp3) is 0.400. The molecule has 216 valence electrons. The van der Waals surface area contributed by atoms with E-state index in [0.29, 0.717) is 18.6 Å². The van der Waals surface area contributed by atoms with Gasteiger partial charge in [-0.05, 0) is 49.3 Å². The lowest BCUT2D eigenvalue weighted by molar-refractivity contribution is -0.174. The number of fused-ring (bicyclic) bond motifs is 2. The SMILES string of the molecule is NC(=O)C[C@H](N)C(=O)NC[C@@]1(O)C2CC(S(=O)(=O)c3cc(C(=O)Nc4cc(F)c(F)c(F)c4)ccc3Cl)C[C@@H]1C2. The first kappa shape index (κ1) is 29.8. The average molecular weight is 603 g/mol. The largest absolute Gasteiger partial charge is 0.387 e. The van der Waals surface area contributed by atoms with Crippen LogP contribution in [0.4, 0.5) is 18.9 Å². The monoisotopic (exact) mass is 602 g/mol. The van der Waals surface area contributed by atoms with Gasteiger partial charge >= 0.3 is 0 Å². The van der Waals surface area contributed by atoms with E-state index in [4.69, 9.17) is 23.1 Å². The van der Waals surface area contributed by atoms with Gasteiger partial charge in [0.15, 0.2) is 27.3 Å². The number of aliphatic hydroxyl groups is 1. The minimum Gasteiger partial charge on any atom is -0.387 e. The third-order valence-electron chi connectivity index (χ3n) is 7.56. The van der Waals surface area contributed by atoms with Crippen LogP contribution in [0.2, 0.25) is 5.02 Å². The summed E-state index contributed by atoms with van der Waals surface area (Å²) in [5.74, 6) is -8.01. The van der Waals surface area contributed by atoms with E-state index in [1.54, 1.807) is 0 Å². The second-order valence-electron chi connectivity index (χ2n) is 10.1. The molecule has 0 radical (unpaired) electrons. The summed E-state index contributed by atoms with van der Waals surface area (Å²) in [5, 5.41) is 14.7. The molecule has 0 aromatic heterocycles. The highest BCUT2D eigenvalue weighted by Crippen LogP contribution is 2.55. The Morgan fingerprint density at radius 1 is 1.07 bits per heavy atom. The predicted molar refractivity (Wildman–Crippen MR) is 137 cm³/mol. The van der Waals surface area contributed by atoms with E-state index >= 15 is 0 Å². The van der Waals surface area contributed by atoms with Gasteiger partial charge in [-0.2, -0.15) is 0 Å². The lowest BCUT2D eigenvalue weighted by Gasteiger charge is -2.58. The Kier molecular flexibility index (Phi) is 8.18. The standard InChI is InChI=1S/C25H26ClF3N4O6S/c26-16-2-1-11(23(35)33-14-7-17(27)22(29)18(28)8-14)3-20(16)40(38,39)15-5-12-4-13(6-15)25(12,37)10-32-24(36)19(30)9-21(31)34/h1-3,7-8,12-13,15,19,37H,4-6,9-10,30H2,(H2,31,34)(H,32,36)(H,33,35)/t12-,13?,15?,19-,25-/m0/s1. The molecule has 0 spiro atoms. The molecule has 2 unspecified atom stereocenters. The Bertz CT molecular complexity index is 1460. The Hall–Kier alpha value is -3.20. The zero-order chi connectivity index (χ0) is 29.6. The van der Waals surface area contributed by atoms with E-state index in [1.807, 2.05) is 0 Å². The number of sulfone groups is 1. The van der Waals surface area contributed by atoms with Crippen LogP contribution in [0.1, 0.15) is 36.0 Å². The Morgan fingerprint density at radius 2 is 1.68 bits per heavy atom. The average Bonchev–Trinajstić information content (AvgIpc) is 2.89. The molecule has 5 rings (SSSR count). The van der Waals surface area contributed by atoms with E-state index in [1.165, 1.54) is 12.1 Å². The van der Waals surface area contributed by atoms with Gasteiger partial charge < -0.3 is 27.2 Å². The Morgan fingerprint density at radius 3 is 2.25 bits per heavy atom. The van der Waals surface area contributed by atoms with Gasteiger partial charge in [0.2, 0.25) is 11.8 Å². The second kappa shape index (κ2) is 11.0. The smallest absolute Gasteiger partial charge is 0.255 e. The summed E-state index contributed by atoms with van der Waals surface area (Å²) in [6.07, 6.45) is 0.276. The van der Waals surface area contributed by atoms with Gasteiger partial charge in [-0.15, -0.1) is 0 Å². The Balaban J connectivity index is 1.46. The lowest BCUT2D eigenvalue weighted by Crippen LogP contribution is -2.66. The molecule has 10 nitrogen and oxygen atoms in total. The number of hydrogen-bond donors (Lipinski definition) is 5. The lowest BCUT2D eigenvalue weighted by atomic mass is 9.53. The normalized spacial score (nSPS) is 24.5. The van der Waals surface area contributed by atoms with Gasteiger partial charge in [0.25, 0.3) is 5.91 Å². The third kappa shape index (κ3) is 5.66. The molecule has 40 heavy (non-hydrogen) atoms. The first-order valence-electron chi connectivity index (χ1n) is 12.2. The van der Waals surface area contributed by atoms with E-state index in [-0.39, 0.29) is 47.0 Å². The van der Waals surface area contributed by atoms with Gasteiger partial charge in [0, 0.05) is 29.9 Å². The molecule has 2 bridgehead atoms. The first-order chi connectivity index (χ1) is 18.6. The number of hydrogen-bond acceptors (Lipinski definition) is 7. The van der Waals surface area contributed by atoms with Gasteiger partial charge in [-0.25, -0.2) is 21.6 Å². The summed E-state index contributed by atoms with van der Waals surface area (Å²) in [6.45, 7) is -0.179. The molecule has 5 atom stereocenters. The molecule has 3 amide bonds. The first-order valence-corrected chi connectivity index (χ1v) is 14.1. The molecule has 0 saturated heterocycles. The molecule has 2 aromatic rings. The molecule has 15 heteroatoms. The number of nitrogens with one attached hydrogen (secondary N) is 2. The zero-order valence-corrected chi connectivity index (χ0v) is 22.4. The van der Waals surface area contributed by atoms with Crippen molar-refractivity contribution in [3.8, 4) is 0 Å². The maximum atomic E-state index is 13.5. The van der Waals surface area contributed by atoms with Crippen LogP contribution in [0.15, 0.2) is 35.2 Å². The number of amides is 3. The highest BCUT2D eigenvalue weighted by atomic mass is 35.5. The van der Waals surface area contributed by atoms with Crippen molar-refractivity contribution in [1.82, 2.24) is 5.32 Å². The molecule has 7 N–H and O–H groups in total. The van der Waals surface area contributed by atoms with Gasteiger partial charge in [-0.3, -0.25) is 14.4 Å². The number of carbonyl (C=O) groups is 3. The molecule has 2 aromatic carbocycles. The van der Waals surface area contributed by atoms with E-state index in [9.17, 15) is 41.1 Å². The van der Waals surface area contributed by atoms with Crippen molar-refractivity contribution in [2.45, 2.75) is 47.5 Å². The number of anilines is 1. The minimum absolute atomic E-state index is 0.0550. The molecule has 0 aliphatic heterocycles. The summed E-state index contributed by atoms with van der Waals surface area (Å²) < 4.78 is 67.3. The van der Waals surface area contributed by atoms with Crippen LogP contribution in [0, 0.1) is 29.3 Å². The number of carbonyl (C=O) groups excluding carboxylic acids is 3. The van der Waals surface area contributed by atoms with Gasteiger partial charge in [0.05, 0.1) is 33.2 Å². The number of rotatable bonds is 9. The quantitative estimate of drug-likeness (QED) is 0.270. The van der Waals surface area contributed by atoms with Crippen LogP contribution in [0.25, 0.3) is 0 Å². The number of primary amides is 1. The number of benzene rings is 2.